The number of hydrogen-bond donors (Lipinski definition) is 2. The standard InChI is InChI=1S/C18H28N2O.ClH/c1-4-14-7-9-16(10-8-14)18(2,3)17(21)20-13-15-6-5-11-19-12-15;/h7-10,15,19H,4-6,11-13H2,1-3H3,(H,20,21);1H. The van der Waals surface area contributed by atoms with E-state index in [1.54, 1.807) is 0 Å². The molecule has 1 aliphatic heterocycles. The van der Waals surface area contributed by atoms with Crippen LogP contribution in [0.5, 0.6) is 0 Å². The van der Waals surface area contributed by atoms with E-state index in [0.717, 1.165) is 31.6 Å². The Bertz CT molecular complexity index is 464. The van der Waals surface area contributed by atoms with E-state index >= 15 is 0 Å². The van der Waals surface area contributed by atoms with Crippen molar-refractivity contribution in [3.8, 4) is 0 Å². The summed E-state index contributed by atoms with van der Waals surface area (Å²) < 4.78 is 0. The summed E-state index contributed by atoms with van der Waals surface area (Å²) in [4.78, 5) is 12.5. The molecule has 2 rings (SSSR count). The summed E-state index contributed by atoms with van der Waals surface area (Å²) in [5.41, 5.74) is 1.91. The van der Waals surface area contributed by atoms with Crippen LogP contribution in [-0.2, 0) is 16.6 Å². The maximum Gasteiger partial charge on any atom is 0.230 e. The average molecular weight is 325 g/mol. The first-order valence-electron chi connectivity index (χ1n) is 8.12. The molecule has 0 bridgehead atoms. The van der Waals surface area contributed by atoms with Gasteiger partial charge in [0.1, 0.15) is 0 Å². The van der Waals surface area contributed by atoms with Crippen molar-refractivity contribution in [2.45, 2.75) is 45.4 Å². The van der Waals surface area contributed by atoms with E-state index in [1.165, 1.54) is 18.4 Å². The first-order chi connectivity index (χ1) is 10.0. The van der Waals surface area contributed by atoms with Gasteiger partial charge in [0.25, 0.3) is 0 Å². The molecule has 4 heteroatoms. The normalized spacial score (nSPS) is 18.4. The third-order valence-electron chi connectivity index (χ3n) is 4.60. The molecule has 124 valence electrons. The summed E-state index contributed by atoms with van der Waals surface area (Å²) in [6.07, 6.45) is 3.45. The van der Waals surface area contributed by atoms with Crippen molar-refractivity contribution in [3.05, 3.63) is 35.4 Å². The molecule has 1 saturated heterocycles. The molecule has 0 aromatic heterocycles. The second kappa shape index (κ2) is 8.54. The first kappa shape index (κ1) is 19.0. The fraction of sp³-hybridized carbons (Fsp3) is 0.611. The van der Waals surface area contributed by atoms with E-state index < -0.39 is 5.41 Å². The molecule has 0 spiro atoms. The number of hydrogen-bond acceptors (Lipinski definition) is 2. The van der Waals surface area contributed by atoms with Crippen molar-refractivity contribution in [2.75, 3.05) is 19.6 Å². The Morgan fingerprint density at radius 1 is 1.32 bits per heavy atom. The summed E-state index contributed by atoms with van der Waals surface area (Å²) >= 11 is 0. The Morgan fingerprint density at radius 2 is 2.00 bits per heavy atom. The van der Waals surface area contributed by atoms with E-state index in [2.05, 4.69) is 41.8 Å². The van der Waals surface area contributed by atoms with Gasteiger partial charge in [0.15, 0.2) is 0 Å². The second-order valence-corrected chi connectivity index (χ2v) is 6.60. The van der Waals surface area contributed by atoms with Gasteiger partial charge in [0.2, 0.25) is 5.91 Å². The molecule has 1 aliphatic rings. The number of carbonyl (C=O) groups is 1. The molecule has 0 radical (unpaired) electrons. The number of carbonyl (C=O) groups excluding carboxylic acids is 1. The number of nitrogens with one attached hydrogen (secondary N) is 2. The highest BCUT2D eigenvalue weighted by Gasteiger charge is 2.30. The van der Waals surface area contributed by atoms with Crippen molar-refractivity contribution < 1.29 is 4.79 Å². The van der Waals surface area contributed by atoms with Crippen molar-refractivity contribution >= 4 is 18.3 Å². The molecule has 1 heterocycles. The molecule has 1 aromatic carbocycles. The SMILES string of the molecule is CCc1ccc(C(C)(C)C(=O)NCC2CCCNC2)cc1.Cl. The van der Waals surface area contributed by atoms with Crippen molar-refractivity contribution in [2.24, 2.45) is 5.92 Å². The predicted molar refractivity (Wildman–Crippen MR) is 94.7 cm³/mol. The van der Waals surface area contributed by atoms with Gasteiger partial charge in [-0.3, -0.25) is 4.79 Å². The van der Waals surface area contributed by atoms with Crippen LogP contribution in [0.3, 0.4) is 0 Å². The summed E-state index contributed by atoms with van der Waals surface area (Å²) in [5, 5.41) is 6.53. The van der Waals surface area contributed by atoms with Crippen LogP contribution in [0.4, 0.5) is 0 Å². The third-order valence-corrected chi connectivity index (χ3v) is 4.60. The molecule has 1 amide bonds. The van der Waals surface area contributed by atoms with Crippen LogP contribution in [0.15, 0.2) is 24.3 Å². The monoisotopic (exact) mass is 324 g/mol. The van der Waals surface area contributed by atoms with Gasteiger partial charge < -0.3 is 10.6 Å². The maximum atomic E-state index is 12.5. The fourth-order valence-electron chi connectivity index (χ4n) is 2.84. The lowest BCUT2D eigenvalue weighted by Crippen LogP contribution is -2.44. The van der Waals surface area contributed by atoms with Crippen LogP contribution in [-0.4, -0.2) is 25.5 Å². The van der Waals surface area contributed by atoms with Crippen molar-refractivity contribution in [1.82, 2.24) is 10.6 Å². The molecular formula is C18H29ClN2O. The second-order valence-electron chi connectivity index (χ2n) is 6.60. The molecule has 22 heavy (non-hydrogen) atoms. The Labute approximate surface area is 140 Å². The smallest absolute Gasteiger partial charge is 0.230 e. The fourth-order valence-corrected chi connectivity index (χ4v) is 2.84. The molecule has 1 fully saturated rings. The van der Waals surface area contributed by atoms with Gasteiger partial charge in [-0.25, -0.2) is 0 Å². The van der Waals surface area contributed by atoms with E-state index in [4.69, 9.17) is 0 Å². The molecule has 2 N–H and O–H groups in total. The molecule has 1 atom stereocenters. The summed E-state index contributed by atoms with van der Waals surface area (Å²) in [7, 11) is 0. The minimum atomic E-state index is -0.478. The highest BCUT2D eigenvalue weighted by molar-refractivity contribution is 5.87. The lowest BCUT2D eigenvalue weighted by atomic mass is 9.83. The van der Waals surface area contributed by atoms with Crippen LogP contribution in [0.2, 0.25) is 0 Å². The van der Waals surface area contributed by atoms with Crippen LogP contribution < -0.4 is 10.6 Å². The zero-order valence-electron chi connectivity index (χ0n) is 13.9. The van der Waals surface area contributed by atoms with Gasteiger partial charge >= 0.3 is 0 Å². The molecule has 1 unspecified atom stereocenters. The topological polar surface area (TPSA) is 41.1 Å². The van der Waals surface area contributed by atoms with Gasteiger partial charge in [-0.15, -0.1) is 12.4 Å². The third kappa shape index (κ3) is 4.72. The van der Waals surface area contributed by atoms with Crippen molar-refractivity contribution in [1.29, 1.82) is 0 Å². The van der Waals surface area contributed by atoms with E-state index in [0.29, 0.717) is 5.92 Å². The Kier molecular flexibility index (Phi) is 7.37. The minimum absolute atomic E-state index is 0. The van der Waals surface area contributed by atoms with E-state index in [1.807, 2.05) is 13.8 Å². The average Bonchev–Trinajstić information content (AvgIpc) is 2.53. The van der Waals surface area contributed by atoms with Crippen LogP contribution >= 0.6 is 12.4 Å². The number of halogens is 1. The van der Waals surface area contributed by atoms with Gasteiger partial charge in [-0.2, -0.15) is 0 Å². The van der Waals surface area contributed by atoms with Gasteiger partial charge in [-0.1, -0.05) is 31.2 Å². The zero-order chi connectivity index (χ0) is 15.3. The number of benzene rings is 1. The molecule has 0 saturated carbocycles. The van der Waals surface area contributed by atoms with Gasteiger partial charge in [-0.05, 0) is 63.2 Å². The van der Waals surface area contributed by atoms with E-state index in [-0.39, 0.29) is 18.3 Å². The zero-order valence-corrected chi connectivity index (χ0v) is 14.8. The number of rotatable bonds is 5. The highest BCUT2D eigenvalue weighted by Crippen LogP contribution is 2.24. The lowest BCUT2D eigenvalue weighted by molar-refractivity contribution is -0.125. The number of amides is 1. The summed E-state index contributed by atoms with van der Waals surface area (Å²) in [5.74, 6) is 0.693. The van der Waals surface area contributed by atoms with Crippen molar-refractivity contribution in [3.63, 3.8) is 0 Å². The number of aryl methyl sites for hydroxylation is 1. The Balaban J connectivity index is 0.00000242. The summed E-state index contributed by atoms with van der Waals surface area (Å²) in [6, 6.07) is 8.41. The van der Waals surface area contributed by atoms with Crippen LogP contribution in [0.25, 0.3) is 0 Å². The molecular weight excluding hydrogens is 296 g/mol. The quantitative estimate of drug-likeness (QED) is 0.874. The lowest BCUT2D eigenvalue weighted by Gasteiger charge is -2.27. The predicted octanol–water partition coefficient (Wildman–Crippen LogP) is 3.06. The maximum absolute atomic E-state index is 12.5. The van der Waals surface area contributed by atoms with Gasteiger partial charge in [0, 0.05) is 6.54 Å². The minimum Gasteiger partial charge on any atom is -0.355 e. The highest BCUT2D eigenvalue weighted by atomic mass is 35.5. The summed E-state index contributed by atoms with van der Waals surface area (Å²) in [6.45, 7) is 9.06. The molecule has 3 nitrogen and oxygen atoms in total. The first-order valence-corrected chi connectivity index (χ1v) is 8.12. The van der Waals surface area contributed by atoms with Crippen LogP contribution in [0.1, 0.15) is 44.7 Å². The van der Waals surface area contributed by atoms with E-state index in [9.17, 15) is 4.79 Å². The van der Waals surface area contributed by atoms with Gasteiger partial charge in [0.05, 0.1) is 5.41 Å². The largest absolute Gasteiger partial charge is 0.355 e. The van der Waals surface area contributed by atoms with Crippen LogP contribution in [0, 0.1) is 5.92 Å². The molecule has 0 aliphatic carbocycles. The number of piperidine rings is 1. The Hall–Kier alpha value is -1.06. The molecule has 1 aromatic rings. The Morgan fingerprint density at radius 3 is 2.55 bits per heavy atom.